The minimum Gasteiger partial charge on any atom is -0.325 e. The smallest absolute Gasteiger partial charge is 0.241 e. The molecular formula is C13H27N3O. The summed E-state index contributed by atoms with van der Waals surface area (Å²) in [6, 6.07) is 0.00158. The molecule has 0 saturated carbocycles. The van der Waals surface area contributed by atoms with Crippen molar-refractivity contribution in [2.45, 2.75) is 46.8 Å². The van der Waals surface area contributed by atoms with Crippen LogP contribution < -0.4 is 5.32 Å². The van der Waals surface area contributed by atoms with Crippen molar-refractivity contribution in [1.82, 2.24) is 15.1 Å². The number of carbonyl (C=O) groups is 1. The molecule has 100 valence electrons. The molecule has 4 heteroatoms. The van der Waals surface area contributed by atoms with E-state index in [1.54, 1.807) is 0 Å². The largest absolute Gasteiger partial charge is 0.325 e. The fourth-order valence-electron chi connectivity index (χ4n) is 2.36. The van der Waals surface area contributed by atoms with Crippen LogP contribution in [0.15, 0.2) is 0 Å². The number of hydrogen-bond donors (Lipinski definition) is 1. The van der Waals surface area contributed by atoms with E-state index in [9.17, 15) is 4.79 Å². The maximum Gasteiger partial charge on any atom is 0.241 e. The molecule has 1 rings (SSSR count). The number of carbonyl (C=O) groups excluding carboxylic acids is 1. The van der Waals surface area contributed by atoms with Crippen LogP contribution >= 0.6 is 0 Å². The lowest BCUT2D eigenvalue weighted by atomic mass is 10.1. The zero-order valence-corrected chi connectivity index (χ0v) is 11.9. The Morgan fingerprint density at radius 1 is 1.35 bits per heavy atom. The Balaban J connectivity index is 2.51. The van der Waals surface area contributed by atoms with Crippen molar-refractivity contribution in [2.75, 3.05) is 26.2 Å². The third-order valence-electron chi connectivity index (χ3n) is 3.66. The Bertz CT molecular complexity index is 251. The van der Waals surface area contributed by atoms with Gasteiger partial charge < -0.3 is 9.80 Å². The van der Waals surface area contributed by atoms with Crippen LogP contribution in [0.5, 0.6) is 0 Å². The average molecular weight is 241 g/mol. The molecular weight excluding hydrogens is 214 g/mol. The summed E-state index contributed by atoms with van der Waals surface area (Å²) in [6.45, 7) is 14.5. The van der Waals surface area contributed by atoms with Crippen LogP contribution in [0.1, 0.15) is 34.6 Å². The van der Waals surface area contributed by atoms with Crippen LogP contribution in [0.25, 0.3) is 0 Å². The molecule has 0 aromatic heterocycles. The summed E-state index contributed by atoms with van der Waals surface area (Å²) < 4.78 is 0. The Morgan fingerprint density at radius 3 is 2.35 bits per heavy atom. The molecule has 1 fully saturated rings. The van der Waals surface area contributed by atoms with E-state index in [-0.39, 0.29) is 18.1 Å². The summed E-state index contributed by atoms with van der Waals surface area (Å²) in [4.78, 5) is 16.5. The fraction of sp³-hybridized carbons (Fsp3) is 0.923. The van der Waals surface area contributed by atoms with Crippen LogP contribution in [-0.4, -0.2) is 54.1 Å². The van der Waals surface area contributed by atoms with Crippen molar-refractivity contribution in [2.24, 2.45) is 5.92 Å². The van der Waals surface area contributed by atoms with Crippen molar-refractivity contribution in [1.29, 1.82) is 0 Å². The van der Waals surface area contributed by atoms with Crippen LogP contribution in [0.4, 0.5) is 0 Å². The van der Waals surface area contributed by atoms with E-state index in [1.165, 1.54) is 0 Å². The van der Waals surface area contributed by atoms with Crippen LogP contribution in [-0.2, 0) is 4.79 Å². The monoisotopic (exact) mass is 241 g/mol. The Labute approximate surface area is 105 Å². The third-order valence-corrected chi connectivity index (χ3v) is 3.66. The minimum absolute atomic E-state index is 0.00158. The van der Waals surface area contributed by atoms with E-state index in [2.05, 4.69) is 44.8 Å². The molecule has 0 aromatic rings. The van der Waals surface area contributed by atoms with E-state index in [4.69, 9.17) is 0 Å². The highest BCUT2D eigenvalue weighted by atomic mass is 16.2. The molecule has 4 nitrogen and oxygen atoms in total. The van der Waals surface area contributed by atoms with Crippen molar-refractivity contribution >= 4 is 5.91 Å². The van der Waals surface area contributed by atoms with E-state index < -0.39 is 0 Å². The normalized spacial score (nSPS) is 25.4. The third kappa shape index (κ3) is 3.42. The summed E-state index contributed by atoms with van der Waals surface area (Å²) >= 11 is 0. The first kappa shape index (κ1) is 14.5. The number of nitrogens with one attached hydrogen (secondary N) is 1. The molecule has 1 N–H and O–H groups in total. The molecule has 1 amide bonds. The molecule has 2 atom stereocenters. The number of amides is 1. The zero-order chi connectivity index (χ0) is 13.0. The van der Waals surface area contributed by atoms with E-state index in [1.807, 2.05) is 4.90 Å². The summed E-state index contributed by atoms with van der Waals surface area (Å²) in [6.07, 6.45) is 0.172. The predicted octanol–water partition coefficient (Wildman–Crippen LogP) is 1.13. The first-order chi connectivity index (χ1) is 8.01. The van der Waals surface area contributed by atoms with Gasteiger partial charge in [-0.2, -0.15) is 0 Å². The number of rotatable bonds is 6. The highest BCUT2D eigenvalue weighted by Gasteiger charge is 2.37. The Hall–Kier alpha value is -0.610. The summed E-state index contributed by atoms with van der Waals surface area (Å²) in [5.41, 5.74) is 0. The zero-order valence-electron chi connectivity index (χ0n) is 11.9. The second-order valence-corrected chi connectivity index (χ2v) is 5.12. The van der Waals surface area contributed by atoms with Gasteiger partial charge in [-0.3, -0.25) is 10.1 Å². The Morgan fingerprint density at radius 2 is 1.94 bits per heavy atom. The molecule has 1 aliphatic rings. The number of likely N-dealkylation sites (N-methyl/N-ethyl adjacent to an activating group) is 1. The second kappa shape index (κ2) is 6.36. The van der Waals surface area contributed by atoms with Gasteiger partial charge >= 0.3 is 0 Å². The van der Waals surface area contributed by atoms with Crippen LogP contribution in [0, 0.1) is 5.92 Å². The van der Waals surface area contributed by atoms with Gasteiger partial charge in [0.05, 0.1) is 12.2 Å². The van der Waals surface area contributed by atoms with E-state index >= 15 is 0 Å². The average Bonchev–Trinajstić information content (AvgIpc) is 2.57. The molecule has 2 unspecified atom stereocenters. The lowest BCUT2D eigenvalue weighted by Gasteiger charge is -2.25. The van der Waals surface area contributed by atoms with Crippen molar-refractivity contribution in [3.63, 3.8) is 0 Å². The first-order valence-corrected chi connectivity index (χ1v) is 6.80. The molecule has 1 heterocycles. The Kier molecular flexibility index (Phi) is 5.40. The van der Waals surface area contributed by atoms with Crippen molar-refractivity contribution in [3.8, 4) is 0 Å². The molecule has 0 aromatic carbocycles. The number of hydrogen-bond acceptors (Lipinski definition) is 3. The summed E-state index contributed by atoms with van der Waals surface area (Å²) in [5.74, 6) is 0.628. The highest BCUT2D eigenvalue weighted by molar-refractivity contribution is 5.84. The molecule has 0 spiro atoms. The number of nitrogens with zero attached hydrogens (tertiary/aromatic N) is 2. The second-order valence-electron chi connectivity index (χ2n) is 5.12. The van der Waals surface area contributed by atoms with E-state index in [0.717, 1.165) is 26.2 Å². The summed E-state index contributed by atoms with van der Waals surface area (Å²) in [7, 11) is 0. The van der Waals surface area contributed by atoms with Gasteiger partial charge in [0.1, 0.15) is 0 Å². The lowest BCUT2D eigenvalue weighted by molar-refractivity contribution is -0.130. The van der Waals surface area contributed by atoms with Gasteiger partial charge in [0, 0.05) is 13.1 Å². The maximum atomic E-state index is 12.2. The van der Waals surface area contributed by atoms with Gasteiger partial charge in [0.2, 0.25) is 5.91 Å². The van der Waals surface area contributed by atoms with Gasteiger partial charge in [-0.1, -0.05) is 27.7 Å². The van der Waals surface area contributed by atoms with Gasteiger partial charge in [-0.25, -0.2) is 0 Å². The predicted molar refractivity (Wildman–Crippen MR) is 70.7 cm³/mol. The molecule has 17 heavy (non-hydrogen) atoms. The SMILES string of the molecule is CCN(CC)CCN1C(=O)C(C(C)C)NC1C. The quantitative estimate of drug-likeness (QED) is 0.757. The summed E-state index contributed by atoms with van der Waals surface area (Å²) in [5, 5.41) is 3.37. The van der Waals surface area contributed by atoms with Crippen LogP contribution in [0.2, 0.25) is 0 Å². The maximum absolute atomic E-state index is 12.2. The minimum atomic E-state index is 0.00158. The van der Waals surface area contributed by atoms with Gasteiger partial charge in [-0.15, -0.1) is 0 Å². The van der Waals surface area contributed by atoms with Gasteiger partial charge in [-0.05, 0) is 25.9 Å². The van der Waals surface area contributed by atoms with E-state index in [0.29, 0.717) is 5.92 Å². The van der Waals surface area contributed by atoms with Gasteiger partial charge in [0.15, 0.2) is 0 Å². The topological polar surface area (TPSA) is 35.6 Å². The lowest BCUT2D eigenvalue weighted by Crippen LogP contribution is -2.41. The van der Waals surface area contributed by atoms with Crippen molar-refractivity contribution < 1.29 is 4.79 Å². The fourth-order valence-corrected chi connectivity index (χ4v) is 2.36. The highest BCUT2D eigenvalue weighted by Crippen LogP contribution is 2.16. The van der Waals surface area contributed by atoms with Gasteiger partial charge in [0.25, 0.3) is 0 Å². The molecule has 1 aliphatic heterocycles. The molecule has 1 saturated heterocycles. The standard InChI is InChI=1S/C13H27N3O/c1-6-15(7-2)8-9-16-11(5)14-12(10(3)4)13(16)17/h10-12,14H,6-9H2,1-5H3. The molecule has 0 radical (unpaired) electrons. The molecule has 0 aliphatic carbocycles. The van der Waals surface area contributed by atoms with Crippen molar-refractivity contribution in [3.05, 3.63) is 0 Å². The molecule has 0 bridgehead atoms. The first-order valence-electron chi connectivity index (χ1n) is 6.80. The van der Waals surface area contributed by atoms with Crippen LogP contribution in [0.3, 0.4) is 0 Å².